The van der Waals surface area contributed by atoms with Crippen molar-refractivity contribution in [3.63, 3.8) is 0 Å². The third-order valence-corrected chi connectivity index (χ3v) is 4.80. The van der Waals surface area contributed by atoms with E-state index in [2.05, 4.69) is 0 Å². The second kappa shape index (κ2) is 7.12. The van der Waals surface area contributed by atoms with Crippen molar-refractivity contribution in [2.45, 2.75) is 5.60 Å². The monoisotopic (exact) mass is 392 g/mol. The van der Waals surface area contributed by atoms with Crippen LogP contribution in [0.1, 0.15) is 22.3 Å². The quantitative estimate of drug-likeness (QED) is 0.299. The summed E-state index contributed by atoms with van der Waals surface area (Å²) in [5.74, 6) is -2.81. The number of primary amides is 2. The number of benzene rings is 2. The molecule has 2 aromatic carbocycles. The van der Waals surface area contributed by atoms with Gasteiger partial charge in [-0.3, -0.25) is 20.4 Å². The van der Waals surface area contributed by atoms with E-state index in [0.717, 1.165) is 0 Å². The number of hydrogen-bond donors (Lipinski definition) is 6. The van der Waals surface area contributed by atoms with E-state index in [1.54, 1.807) is 24.3 Å². The molecule has 2 atom stereocenters. The predicted octanol–water partition coefficient (Wildman–Crippen LogP) is 0.108. The highest BCUT2D eigenvalue weighted by molar-refractivity contribution is 5.98. The second-order valence-corrected chi connectivity index (χ2v) is 6.59. The van der Waals surface area contributed by atoms with Crippen molar-refractivity contribution in [1.29, 1.82) is 10.8 Å². The topological polar surface area (TPSA) is 195 Å². The molecule has 29 heavy (non-hydrogen) atoms. The number of ether oxygens (including phenoxy) is 1. The van der Waals surface area contributed by atoms with Gasteiger partial charge in [-0.25, -0.2) is 0 Å². The van der Waals surface area contributed by atoms with Crippen molar-refractivity contribution in [2.24, 2.45) is 28.9 Å². The summed E-state index contributed by atoms with van der Waals surface area (Å²) in [6.45, 7) is 0. The SMILES string of the molecule is N=C(N)c1ccc(C2=CC(C(N)=O)C(C(N)=O)(c3ccc(C(=N)N)cc3)O2)cc1. The number of nitrogen functional groups attached to an aromatic ring is 2. The lowest BCUT2D eigenvalue weighted by molar-refractivity contribution is -0.144. The molecule has 0 aromatic heterocycles. The molecule has 0 saturated heterocycles. The molecule has 2 amide bonds. The standard InChI is InChI=1S/C20H20N6O3/c21-16(22)11-3-1-10(2-4-11)15-9-14(18(25)27)20(29-15,19(26)28)13-7-5-12(6-8-13)17(23)24/h1-9,14H,(H3,21,22)(H3,23,24)(H2,25,27)(H2,26,28). The van der Waals surface area contributed by atoms with Crippen LogP contribution in [0.5, 0.6) is 0 Å². The van der Waals surface area contributed by atoms with Crippen LogP contribution in [0.4, 0.5) is 0 Å². The molecule has 0 aliphatic carbocycles. The molecule has 2 unspecified atom stereocenters. The zero-order valence-corrected chi connectivity index (χ0v) is 15.3. The molecule has 10 N–H and O–H groups in total. The van der Waals surface area contributed by atoms with Gasteiger partial charge in [0.25, 0.3) is 5.91 Å². The van der Waals surface area contributed by atoms with E-state index in [1.807, 2.05) is 0 Å². The lowest BCUT2D eigenvalue weighted by atomic mass is 9.80. The van der Waals surface area contributed by atoms with Crippen LogP contribution in [0.2, 0.25) is 0 Å². The molecule has 0 radical (unpaired) electrons. The zero-order chi connectivity index (χ0) is 21.3. The van der Waals surface area contributed by atoms with Crippen molar-refractivity contribution in [1.82, 2.24) is 0 Å². The van der Waals surface area contributed by atoms with Crippen LogP contribution in [0.25, 0.3) is 5.76 Å². The minimum Gasteiger partial charge on any atom is -0.471 e. The fourth-order valence-electron chi connectivity index (χ4n) is 3.27. The van der Waals surface area contributed by atoms with Crippen LogP contribution < -0.4 is 22.9 Å². The maximum absolute atomic E-state index is 12.5. The highest BCUT2D eigenvalue weighted by Crippen LogP contribution is 2.45. The first kappa shape index (κ1) is 19.6. The molecule has 0 fully saturated rings. The maximum atomic E-state index is 12.5. The number of rotatable bonds is 6. The van der Waals surface area contributed by atoms with Gasteiger partial charge in [-0.15, -0.1) is 0 Å². The van der Waals surface area contributed by atoms with E-state index < -0.39 is 23.3 Å². The van der Waals surface area contributed by atoms with Gasteiger partial charge in [0.05, 0.1) is 0 Å². The van der Waals surface area contributed by atoms with E-state index in [0.29, 0.717) is 22.3 Å². The Morgan fingerprint density at radius 3 is 1.72 bits per heavy atom. The van der Waals surface area contributed by atoms with Crippen LogP contribution >= 0.6 is 0 Å². The summed E-state index contributed by atoms with van der Waals surface area (Å²) in [4.78, 5) is 24.7. The van der Waals surface area contributed by atoms with Crippen molar-refractivity contribution < 1.29 is 14.3 Å². The van der Waals surface area contributed by atoms with E-state index in [9.17, 15) is 9.59 Å². The van der Waals surface area contributed by atoms with E-state index in [4.69, 9.17) is 38.5 Å². The summed E-state index contributed by atoms with van der Waals surface area (Å²) >= 11 is 0. The van der Waals surface area contributed by atoms with Gasteiger partial charge in [0.15, 0.2) is 0 Å². The fourth-order valence-corrected chi connectivity index (χ4v) is 3.27. The van der Waals surface area contributed by atoms with Crippen LogP contribution in [-0.2, 0) is 19.9 Å². The van der Waals surface area contributed by atoms with Crippen molar-refractivity contribution in [3.05, 3.63) is 76.9 Å². The zero-order valence-electron chi connectivity index (χ0n) is 15.3. The summed E-state index contributed by atoms with van der Waals surface area (Å²) in [5, 5.41) is 15.0. The number of carbonyl (C=O) groups is 2. The maximum Gasteiger partial charge on any atom is 0.267 e. The molecule has 0 saturated carbocycles. The molecular weight excluding hydrogens is 372 g/mol. The highest BCUT2D eigenvalue weighted by Gasteiger charge is 2.54. The molecule has 3 rings (SSSR count). The van der Waals surface area contributed by atoms with Gasteiger partial charge in [-0.2, -0.15) is 0 Å². The molecule has 0 bridgehead atoms. The summed E-state index contributed by atoms with van der Waals surface area (Å²) < 4.78 is 5.97. The van der Waals surface area contributed by atoms with Crippen molar-refractivity contribution >= 4 is 29.2 Å². The second-order valence-electron chi connectivity index (χ2n) is 6.59. The van der Waals surface area contributed by atoms with Crippen LogP contribution in [0.15, 0.2) is 54.6 Å². The fraction of sp³-hybridized carbons (Fsp3) is 0.100. The number of carbonyl (C=O) groups excluding carboxylic acids is 2. The first-order valence-corrected chi connectivity index (χ1v) is 8.56. The number of nitrogens with one attached hydrogen (secondary N) is 2. The number of nitrogens with two attached hydrogens (primary N) is 4. The molecule has 9 nitrogen and oxygen atoms in total. The molecule has 2 aromatic rings. The van der Waals surface area contributed by atoms with Crippen molar-refractivity contribution in [2.75, 3.05) is 0 Å². The lowest BCUT2D eigenvalue weighted by Gasteiger charge is -2.31. The lowest BCUT2D eigenvalue weighted by Crippen LogP contribution is -2.50. The Hall–Kier alpha value is -4.14. The summed E-state index contributed by atoms with van der Waals surface area (Å²) in [5.41, 5.74) is 22.2. The number of amides is 2. The Morgan fingerprint density at radius 2 is 1.31 bits per heavy atom. The van der Waals surface area contributed by atoms with Gasteiger partial charge >= 0.3 is 0 Å². The van der Waals surface area contributed by atoms with Crippen LogP contribution in [0, 0.1) is 16.7 Å². The molecule has 9 heteroatoms. The van der Waals surface area contributed by atoms with Gasteiger partial charge in [0.2, 0.25) is 11.5 Å². The van der Waals surface area contributed by atoms with Gasteiger partial charge in [0.1, 0.15) is 23.3 Å². The third-order valence-electron chi connectivity index (χ3n) is 4.80. The largest absolute Gasteiger partial charge is 0.471 e. The highest BCUT2D eigenvalue weighted by atomic mass is 16.5. The van der Waals surface area contributed by atoms with Gasteiger partial charge in [-0.1, -0.05) is 48.5 Å². The van der Waals surface area contributed by atoms with Crippen molar-refractivity contribution in [3.8, 4) is 0 Å². The first-order chi connectivity index (χ1) is 13.7. The molecular formula is C20H20N6O3. The third kappa shape index (κ3) is 3.29. The van der Waals surface area contributed by atoms with Gasteiger partial charge in [-0.05, 0) is 6.08 Å². The van der Waals surface area contributed by atoms with E-state index in [1.165, 1.54) is 30.3 Å². The summed E-state index contributed by atoms with van der Waals surface area (Å²) in [7, 11) is 0. The van der Waals surface area contributed by atoms with Gasteiger partial charge in [0, 0.05) is 22.3 Å². The van der Waals surface area contributed by atoms with E-state index in [-0.39, 0.29) is 17.4 Å². The van der Waals surface area contributed by atoms with Crippen LogP contribution in [-0.4, -0.2) is 23.5 Å². The Balaban J connectivity index is 2.08. The molecule has 148 valence electrons. The molecule has 1 aliphatic rings. The molecule has 0 spiro atoms. The minimum absolute atomic E-state index is 0.0927. The average molecular weight is 392 g/mol. The number of hydrogen-bond acceptors (Lipinski definition) is 5. The van der Waals surface area contributed by atoms with E-state index >= 15 is 0 Å². The Bertz CT molecular complexity index is 1040. The summed E-state index contributed by atoms with van der Waals surface area (Å²) in [6.07, 6.45) is 1.45. The van der Waals surface area contributed by atoms with Crippen LogP contribution in [0.3, 0.4) is 0 Å². The average Bonchev–Trinajstić information content (AvgIpc) is 3.10. The Morgan fingerprint density at radius 1 is 0.828 bits per heavy atom. The minimum atomic E-state index is -1.84. The first-order valence-electron chi connectivity index (χ1n) is 8.56. The number of amidine groups is 2. The normalized spacial score (nSPS) is 20.4. The Labute approximate surface area is 166 Å². The summed E-state index contributed by atoms with van der Waals surface area (Å²) in [6, 6.07) is 12.6. The predicted molar refractivity (Wildman–Crippen MR) is 108 cm³/mol. The van der Waals surface area contributed by atoms with Gasteiger partial charge < -0.3 is 27.7 Å². The molecule has 1 heterocycles. The Kier molecular flexibility index (Phi) is 4.81. The molecule has 1 aliphatic heterocycles. The smallest absolute Gasteiger partial charge is 0.267 e.